The average molecular weight is 316 g/mol. The summed E-state index contributed by atoms with van der Waals surface area (Å²) in [4.78, 5) is 8.11. The van der Waals surface area contributed by atoms with Crippen LogP contribution < -0.4 is 4.74 Å². The molecule has 0 unspecified atom stereocenters. The Morgan fingerprint density at radius 1 is 1.32 bits per heavy atom. The Labute approximate surface area is 134 Å². The molecule has 0 N–H and O–H groups in total. The molecule has 1 saturated carbocycles. The second kappa shape index (κ2) is 6.36. The summed E-state index contributed by atoms with van der Waals surface area (Å²) in [6.07, 6.45) is 6.05. The Morgan fingerprint density at radius 3 is 3.14 bits per heavy atom. The predicted octanol–water partition coefficient (Wildman–Crippen LogP) is 2.95. The van der Waals surface area contributed by atoms with Gasteiger partial charge in [0, 0.05) is 30.2 Å². The van der Waals surface area contributed by atoms with Crippen molar-refractivity contribution in [1.82, 2.24) is 9.88 Å². The first kappa shape index (κ1) is 14.2. The molecular formula is C17H20N2O2S. The van der Waals surface area contributed by atoms with Crippen LogP contribution in [0.25, 0.3) is 0 Å². The quantitative estimate of drug-likeness (QED) is 0.868. The molecule has 2 aromatic heterocycles. The van der Waals surface area contributed by atoms with Crippen molar-refractivity contribution in [2.75, 3.05) is 13.2 Å². The van der Waals surface area contributed by atoms with E-state index < -0.39 is 0 Å². The van der Waals surface area contributed by atoms with Gasteiger partial charge in [-0.15, -0.1) is 11.3 Å². The summed E-state index contributed by atoms with van der Waals surface area (Å²) in [5, 5.41) is 2.15. The maximum atomic E-state index is 6.12. The van der Waals surface area contributed by atoms with Crippen LogP contribution >= 0.6 is 11.3 Å². The molecular weight excluding hydrogens is 296 g/mol. The summed E-state index contributed by atoms with van der Waals surface area (Å²) < 4.78 is 12.2. The lowest BCUT2D eigenvalue weighted by Crippen LogP contribution is -2.51. The summed E-state index contributed by atoms with van der Waals surface area (Å²) >= 11 is 1.83. The molecule has 0 bridgehead atoms. The van der Waals surface area contributed by atoms with E-state index in [1.165, 1.54) is 4.88 Å². The largest absolute Gasteiger partial charge is 0.486 e. The molecule has 4 rings (SSSR count). The lowest BCUT2D eigenvalue weighted by molar-refractivity contribution is -0.0914. The third-order valence-electron chi connectivity index (χ3n) is 4.51. The van der Waals surface area contributed by atoms with Crippen molar-refractivity contribution >= 4 is 11.3 Å². The van der Waals surface area contributed by atoms with Crippen LogP contribution in [-0.4, -0.2) is 41.3 Å². The minimum Gasteiger partial charge on any atom is -0.486 e. The summed E-state index contributed by atoms with van der Waals surface area (Å²) in [7, 11) is 0. The molecule has 5 heteroatoms. The Balaban J connectivity index is 1.44. The highest BCUT2D eigenvalue weighted by molar-refractivity contribution is 7.09. The molecule has 0 amide bonds. The minimum absolute atomic E-state index is 0.139. The number of nitrogens with zero attached hydrogens (tertiary/aromatic N) is 2. The van der Waals surface area contributed by atoms with E-state index in [1.807, 2.05) is 23.5 Å². The molecule has 4 nitrogen and oxygen atoms in total. The maximum Gasteiger partial charge on any atom is 0.138 e. The third-order valence-corrected chi connectivity index (χ3v) is 5.37. The molecule has 116 valence electrons. The number of pyridine rings is 1. The van der Waals surface area contributed by atoms with Gasteiger partial charge in [-0.2, -0.15) is 0 Å². The van der Waals surface area contributed by atoms with Crippen LogP contribution in [0.2, 0.25) is 0 Å². The van der Waals surface area contributed by atoms with E-state index in [-0.39, 0.29) is 12.2 Å². The maximum absolute atomic E-state index is 6.12. The summed E-state index contributed by atoms with van der Waals surface area (Å²) in [6, 6.07) is 8.69. The molecule has 0 aromatic carbocycles. The van der Waals surface area contributed by atoms with Crippen molar-refractivity contribution in [3.63, 3.8) is 0 Å². The second-order valence-electron chi connectivity index (χ2n) is 5.87. The number of morpholine rings is 1. The van der Waals surface area contributed by atoms with Crippen molar-refractivity contribution in [3.05, 3.63) is 46.9 Å². The third kappa shape index (κ3) is 2.89. The first-order valence-electron chi connectivity index (χ1n) is 7.85. The van der Waals surface area contributed by atoms with Gasteiger partial charge in [-0.25, -0.2) is 0 Å². The fourth-order valence-corrected chi connectivity index (χ4v) is 4.24. The molecule has 1 saturated heterocycles. The zero-order chi connectivity index (χ0) is 14.8. The van der Waals surface area contributed by atoms with Crippen LogP contribution in [0.4, 0.5) is 0 Å². The molecule has 3 atom stereocenters. The number of ether oxygens (including phenoxy) is 2. The Bertz CT molecular complexity index is 590. The van der Waals surface area contributed by atoms with E-state index in [9.17, 15) is 0 Å². The van der Waals surface area contributed by atoms with Gasteiger partial charge >= 0.3 is 0 Å². The minimum atomic E-state index is 0.139. The Hall–Kier alpha value is -1.43. The van der Waals surface area contributed by atoms with Gasteiger partial charge in [-0.3, -0.25) is 9.88 Å². The molecule has 1 aliphatic carbocycles. The van der Waals surface area contributed by atoms with Crippen molar-refractivity contribution in [2.45, 2.75) is 37.6 Å². The average Bonchev–Trinajstić information content (AvgIpc) is 3.19. The molecule has 0 radical (unpaired) electrons. The molecule has 1 aliphatic heterocycles. The van der Waals surface area contributed by atoms with Crippen LogP contribution in [-0.2, 0) is 11.3 Å². The summed E-state index contributed by atoms with van der Waals surface area (Å²) in [5.41, 5.74) is 0. The zero-order valence-corrected chi connectivity index (χ0v) is 13.2. The van der Waals surface area contributed by atoms with E-state index >= 15 is 0 Å². The predicted molar refractivity (Wildman–Crippen MR) is 86.1 cm³/mol. The molecule has 2 fully saturated rings. The van der Waals surface area contributed by atoms with Gasteiger partial charge in [0.2, 0.25) is 0 Å². The monoisotopic (exact) mass is 316 g/mol. The van der Waals surface area contributed by atoms with Gasteiger partial charge in [0.25, 0.3) is 0 Å². The zero-order valence-electron chi connectivity index (χ0n) is 12.4. The topological polar surface area (TPSA) is 34.6 Å². The molecule has 2 aliphatic rings. The highest BCUT2D eigenvalue weighted by Gasteiger charge is 2.44. The highest BCUT2D eigenvalue weighted by Crippen LogP contribution is 2.34. The van der Waals surface area contributed by atoms with Gasteiger partial charge < -0.3 is 9.47 Å². The first-order valence-corrected chi connectivity index (χ1v) is 8.73. The van der Waals surface area contributed by atoms with Crippen molar-refractivity contribution in [1.29, 1.82) is 0 Å². The van der Waals surface area contributed by atoms with Gasteiger partial charge in [0.05, 0.1) is 12.8 Å². The molecule has 3 heterocycles. The SMILES string of the molecule is c1cncc(O[C@@H]2CC[C@H]3[C@H]2OCCN3Cc2cccs2)c1. The standard InChI is InChI=1S/C17H20N2O2S/c1-3-13(11-18-7-1)21-16-6-5-15-17(16)20-9-8-19(15)12-14-4-2-10-22-14/h1-4,7,10-11,15-17H,5-6,8-9,12H2/t15-,16+,17+/m0/s1. The number of rotatable bonds is 4. The fourth-order valence-electron chi connectivity index (χ4n) is 3.51. The number of fused-ring (bicyclic) bond motifs is 1. The van der Waals surface area contributed by atoms with Crippen LogP contribution in [0.1, 0.15) is 17.7 Å². The number of aromatic nitrogens is 1. The lowest BCUT2D eigenvalue weighted by Gasteiger charge is -2.38. The normalized spacial score (nSPS) is 28.5. The number of hydrogen-bond acceptors (Lipinski definition) is 5. The van der Waals surface area contributed by atoms with Crippen molar-refractivity contribution in [2.24, 2.45) is 0 Å². The molecule has 0 spiro atoms. The molecule has 2 aromatic rings. The van der Waals surface area contributed by atoms with E-state index in [0.717, 1.165) is 38.3 Å². The van der Waals surface area contributed by atoms with Crippen LogP contribution in [0, 0.1) is 0 Å². The van der Waals surface area contributed by atoms with Gasteiger partial charge in [-0.1, -0.05) is 6.07 Å². The van der Waals surface area contributed by atoms with Crippen LogP contribution in [0.15, 0.2) is 42.0 Å². The lowest BCUT2D eigenvalue weighted by atomic mass is 10.1. The van der Waals surface area contributed by atoms with Gasteiger partial charge in [-0.05, 0) is 36.4 Å². The van der Waals surface area contributed by atoms with Crippen LogP contribution in [0.5, 0.6) is 5.75 Å². The fraction of sp³-hybridized carbons (Fsp3) is 0.471. The smallest absolute Gasteiger partial charge is 0.138 e. The van der Waals surface area contributed by atoms with Crippen molar-refractivity contribution in [3.8, 4) is 5.75 Å². The second-order valence-corrected chi connectivity index (χ2v) is 6.91. The van der Waals surface area contributed by atoms with E-state index in [1.54, 1.807) is 12.4 Å². The number of hydrogen-bond donors (Lipinski definition) is 0. The first-order chi connectivity index (χ1) is 10.9. The molecule has 22 heavy (non-hydrogen) atoms. The summed E-state index contributed by atoms with van der Waals surface area (Å²) in [5.74, 6) is 0.840. The highest BCUT2D eigenvalue weighted by atomic mass is 32.1. The van der Waals surface area contributed by atoms with Crippen molar-refractivity contribution < 1.29 is 9.47 Å². The Kier molecular flexibility index (Phi) is 4.10. The van der Waals surface area contributed by atoms with E-state index in [4.69, 9.17) is 9.47 Å². The summed E-state index contributed by atoms with van der Waals surface area (Å²) in [6.45, 7) is 2.83. The van der Waals surface area contributed by atoms with E-state index in [0.29, 0.717) is 6.04 Å². The number of thiophene rings is 1. The van der Waals surface area contributed by atoms with Gasteiger partial charge in [0.1, 0.15) is 18.0 Å². The van der Waals surface area contributed by atoms with Gasteiger partial charge in [0.15, 0.2) is 0 Å². The van der Waals surface area contributed by atoms with Crippen LogP contribution in [0.3, 0.4) is 0 Å². The van der Waals surface area contributed by atoms with E-state index in [2.05, 4.69) is 27.4 Å². The Morgan fingerprint density at radius 2 is 2.32 bits per heavy atom.